The maximum absolute atomic E-state index is 11.8. The number of carbonyl (C=O) groups is 1. The maximum Gasteiger partial charge on any atom is 0.237 e. The second kappa shape index (κ2) is 6.62. The van der Waals surface area contributed by atoms with Gasteiger partial charge in [0.15, 0.2) is 0 Å². The zero-order chi connectivity index (χ0) is 11.1. The third-order valence-electron chi connectivity index (χ3n) is 2.79. The Bertz CT molecular complexity index is 208. The highest BCUT2D eigenvalue weighted by atomic mass is 16.2. The lowest BCUT2D eigenvalue weighted by molar-refractivity contribution is -0.123. The van der Waals surface area contributed by atoms with Crippen molar-refractivity contribution in [2.24, 2.45) is 0 Å². The van der Waals surface area contributed by atoms with Gasteiger partial charge in [0.25, 0.3) is 0 Å². The molecule has 0 spiro atoms. The Labute approximate surface area is 92.3 Å². The highest BCUT2D eigenvalue weighted by molar-refractivity contribution is 5.82. The molecule has 1 aliphatic heterocycles. The molecule has 1 aliphatic rings. The summed E-state index contributed by atoms with van der Waals surface area (Å²) in [5.74, 6) is 0.145. The van der Waals surface area contributed by atoms with Crippen LogP contribution in [-0.4, -0.2) is 24.5 Å². The van der Waals surface area contributed by atoms with Crippen LogP contribution in [0, 0.1) is 0 Å². The van der Waals surface area contributed by atoms with Crippen LogP contribution in [0.15, 0.2) is 12.7 Å². The fourth-order valence-electron chi connectivity index (χ4n) is 1.90. The first-order valence-corrected chi connectivity index (χ1v) is 5.88. The highest BCUT2D eigenvalue weighted by Crippen LogP contribution is 2.08. The molecule has 1 amide bonds. The van der Waals surface area contributed by atoms with E-state index in [9.17, 15) is 4.79 Å². The predicted molar refractivity (Wildman–Crippen MR) is 62.7 cm³/mol. The SMILES string of the molecule is C=CCC(C)NC(=O)C1CCCCCN1. The van der Waals surface area contributed by atoms with Gasteiger partial charge in [-0.1, -0.05) is 18.9 Å². The van der Waals surface area contributed by atoms with Gasteiger partial charge in [0.2, 0.25) is 5.91 Å². The number of hydrogen-bond acceptors (Lipinski definition) is 2. The fraction of sp³-hybridized carbons (Fsp3) is 0.750. The molecule has 0 saturated carbocycles. The largest absolute Gasteiger partial charge is 0.352 e. The molecule has 1 rings (SSSR count). The van der Waals surface area contributed by atoms with Gasteiger partial charge < -0.3 is 10.6 Å². The van der Waals surface area contributed by atoms with E-state index in [1.165, 1.54) is 12.8 Å². The van der Waals surface area contributed by atoms with Gasteiger partial charge in [0.05, 0.1) is 6.04 Å². The summed E-state index contributed by atoms with van der Waals surface area (Å²) in [5.41, 5.74) is 0. The Morgan fingerprint density at radius 2 is 2.40 bits per heavy atom. The van der Waals surface area contributed by atoms with E-state index in [1.807, 2.05) is 13.0 Å². The van der Waals surface area contributed by atoms with Gasteiger partial charge in [-0.3, -0.25) is 4.79 Å². The normalized spacial score (nSPS) is 23.9. The van der Waals surface area contributed by atoms with Crippen molar-refractivity contribution < 1.29 is 4.79 Å². The Balaban J connectivity index is 2.33. The second-order valence-electron chi connectivity index (χ2n) is 4.29. The average Bonchev–Trinajstić information content (AvgIpc) is 2.45. The van der Waals surface area contributed by atoms with Crippen LogP contribution in [0.5, 0.6) is 0 Å². The molecule has 0 aliphatic carbocycles. The molecular formula is C12H22N2O. The smallest absolute Gasteiger partial charge is 0.237 e. The summed E-state index contributed by atoms with van der Waals surface area (Å²) in [4.78, 5) is 11.8. The van der Waals surface area contributed by atoms with Crippen LogP contribution in [-0.2, 0) is 4.79 Å². The van der Waals surface area contributed by atoms with Crippen molar-refractivity contribution in [1.29, 1.82) is 0 Å². The van der Waals surface area contributed by atoms with Crippen LogP contribution in [0.2, 0.25) is 0 Å². The van der Waals surface area contributed by atoms with E-state index in [4.69, 9.17) is 0 Å². The maximum atomic E-state index is 11.8. The first-order chi connectivity index (χ1) is 7.24. The molecule has 1 heterocycles. The minimum absolute atomic E-state index is 0.0137. The zero-order valence-corrected chi connectivity index (χ0v) is 9.59. The van der Waals surface area contributed by atoms with Crippen LogP contribution in [0.1, 0.15) is 39.0 Å². The van der Waals surface area contributed by atoms with E-state index in [2.05, 4.69) is 17.2 Å². The Kier molecular flexibility index (Phi) is 5.40. The summed E-state index contributed by atoms with van der Waals surface area (Å²) in [6, 6.07) is 0.208. The molecule has 2 N–H and O–H groups in total. The van der Waals surface area contributed by atoms with Gasteiger partial charge >= 0.3 is 0 Å². The predicted octanol–water partition coefficient (Wildman–Crippen LogP) is 1.60. The summed E-state index contributed by atoms with van der Waals surface area (Å²) in [5, 5.41) is 6.30. The quantitative estimate of drug-likeness (QED) is 0.692. The highest BCUT2D eigenvalue weighted by Gasteiger charge is 2.20. The monoisotopic (exact) mass is 210 g/mol. The summed E-state index contributed by atoms with van der Waals surface area (Å²) >= 11 is 0. The van der Waals surface area contributed by atoms with E-state index < -0.39 is 0 Å². The molecule has 2 unspecified atom stereocenters. The molecular weight excluding hydrogens is 188 g/mol. The zero-order valence-electron chi connectivity index (χ0n) is 9.59. The van der Waals surface area contributed by atoms with Crippen LogP contribution in [0.3, 0.4) is 0 Å². The van der Waals surface area contributed by atoms with Crippen LogP contribution in [0.25, 0.3) is 0 Å². The molecule has 86 valence electrons. The number of amides is 1. The molecule has 2 atom stereocenters. The number of nitrogens with one attached hydrogen (secondary N) is 2. The van der Waals surface area contributed by atoms with E-state index in [1.54, 1.807) is 0 Å². The van der Waals surface area contributed by atoms with Crippen LogP contribution >= 0.6 is 0 Å². The van der Waals surface area contributed by atoms with Gasteiger partial charge in [0.1, 0.15) is 0 Å². The minimum Gasteiger partial charge on any atom is -0.352 e. The molecule has 3 nitrogen and oxygen atoms in total. The molecule has 0 bridgehead atoms. The van der Waals surface area contributed by atoms with Crippen molar-refractivity contribution in [2.75, 3.05) is 6.54 Å². The van der Waals surface area contributed by atoms with Gasteiger partial charge in [-0.15, -0.1) is 6.58 Å². The first-order valence-electron chi connectivity index (χ1n) is 5.88. The minimum atomic E-state index is 0.0137. The molecule has 0 aromatic rings. The van der Waals surface area contributed by atoms with Gasteiger partial charge in [0, 0.05) is 6.04 Å². The van der Waals surface area contributed by atoms with Gasteiger partial charge in [-0.25, -0.2) is 0 Å². The Morgan fingerprint density at radius 1 is 1.60 bits per heavy atom. The molecule has 0 aromatic carbocycles. The number of rotatable bonds is 4. The summed E-state index contributed by atoms with van der Waals surface area (Å²) in [6.45, 7) is 6.64. The van der Waals surface area contributed by atoms with E-state index in [0.29, 0.717) is 0 Å². The van der Waals surface area contributed by atoms with Crippen molar-refractivity contribution in [1.82, 2.24) is 10.6 Å². The molecule has 3 heteroatoms. The Morgan fingerprint density at radius 3 is 3.13 bits per heavy atom. The van der Waals surface area contributed by atoms with Crippen molar-refractivity contribution in [2.45, 2.75) is 51.1 Å². The van der Waals surface area contributed by atoms with Crippen molar-refractivity contribution in [3.8, 4) is 0 Å². The third kappa shape index (κ3) is 4.47. The van der Waals surface area contributed by atoms with Crippen molar-refractivity contribution in [3.05, 3.63) is 12.7 Å². The van der Waals surface area contributed by atoms with Crippen LogP contribution in [0.4, 0.5) is 0 Å². The number of hydrogen-bond donors (Lipinski definition) is 2. The lowest BCUT2D eigenvalue weighted by Gasteiger charge is -2.18. The summed E-state index contributed by atoms with van der Waals surface area (Å²) in [6.07, 6.45) is 7.21. The topological polar surface area (TPSA) is 41.1 Å². The molecule has 0 radical (unpaired) electrons. The van der Waals surface area contributed by atoms with E-state index in [0.717, 1.165) is 25.8 Å². The van der Waals surface area contributed by atoms with Crippen LogP contribution < -0.4 is 10.6 Å². The van der Waals surface area contributed by atoms with E-state index in [-0.39, 0.29) is 18.0 Å². The van der Waals surface area contributed by atoms with Crippen molar-refractivity contribution in [3.63, 3.8) is 0 Å². The lowest BCUT2D eigenvalue weighted by atomic mass is 10.1. The van der Waals surface area contributed by atoms with Crippen molar-refractivity contribution >= 4 is 5.91 Å². The Hall–Kier alpha value is -0.830. The second-order valence-corrected chi connectivity index (χ2v) is 4.29. The molecule has 15 heavy (non-hydrogen) atoms. The summed E-state index contributed by atoms with van der Waals surface area (Å²) in [7, 11) is 0. The van der Waals surface area contributed by atoms with Gasteiger partial charge in [-0.2, -0.15) is 0 Å². The first kappa shape index (κ1) is 12.2. The number of carbonyl (C=O) groups excluding carboxylic acids is 1. The fourth-order valence-corrected chi connectivity index (χ4v) is 1.90. The average molecular weight is 210 g/mol. The molecule has 0 aromatic heterocycles. The molecule has 1 saturated heterocycles. The third-order valence-corrected chi connectivity index (χ3v) is 2.79. The lowest BCUT2D eigenvalue weighted by Crippen LogP contribution is -2.46. The van der Waals surface area contributed by atoms with Gasteiger partial charge in [-0.05, 0) is 32.7 Å². The standard InChI is InChI=1S/C12H22N2O/c1-3-7-10(2)14-12(15)11-8-5-4-6-9-13-11/h3,10-11,13H,1,4-9H2,2H3,(H,14,15). The van der Waals surface area contributed by atoms with E-state index >= 15 is 0 Å². The molecule has 1 fully saturated rings. The summed E-state index contributed by atoms with van der Waals surface area (Å²) < 4.78 is 0.